The van der Waals surface area contributed by atoms with E-state index in [1.54, 1.807) is 12.1 Å². The van der Waals surface area contributed by atoms with Gasteiger partial charge in [-0.1, -0.05) is 0 Å². The molecule has 0 unspecified atom stereocenters. The van der Waals surface area contributed by atoms with Crippen LogP contribution in [0, 0.1) is 5.92 Å². The van der Waals surface area contributed by atoms with Gasteiger partial charge in [0.2, 0.25) is 0 Å². The zero-order chi connectivity index (χ0) is 21.7. The van der Waals surface area contributed by atoms with Crippen molar-refractivity contribution in [2.24, 2.45) is 5.92 Å². The average molecular weight is 419 g/mol. The van der Waals surface area contributed by atoms with E-state index in [4.69, 9.17) is 14.2 Å². The minimum atomic E-state index is -0.443. The molecule has 1 aliphatic heterocycles. The Bertz CT molecular complexity index is 714. The number of amides is 1. The third-order valence-electron chi connectivity index (χ3n) is 5.63. The number of rotatable bonds is 6. The number of likely N-dealkylation sites (tertiary alicyclic amines) is 1. The molecule has 1 heterocycles. The van der Waals surface area contributed by atoms with Gasteiger partial charge in [-0.2, -0.15) is 0 Å². The van der Waals surface area contributed by atoms with E-state index in [0.29, 0.717) is 17.5 Å². The molecular weight excluding hydrogens is 384 g/mol. The highest BCUT2D eigenvalue weighted by molar-refractivity contribution is 5.89. The van der Waals surface area contributed by atoms with Crippen molar-refractivity contribution in [3.05, 3.63) is 29.8 Å². The summed E-state index contributed by atoms with van der Waals surface area (Å²) in [5.74, 6) is 1.03. The number of hydrogen-bond donors (Lipinski definition) is 1. The molecule has 3 rings (SSSR count). The molecule has 166 valence electrons. The highest BCUT2D eigenvalue weighted by Gasteiger charge is 2.32. The number of methoxy groups -OCH3 is 1. The van der Waals surface area contributed by atoms with Crippen LogP contribution in [0.5, 0.6) is 5.75 Å². The predicted octanol–water partition coefficient (Wildman–Crippen LogP) is 3.62. The predicted molar refractivity (Wildman–Crippen MR) is 114 cm³/mol. The average Bonchev–Trinajstić information content (AvgIpc) is 2.68. The van der Waals surface area contributed by atoms with E-state index in [9.17, 15) is 9.59 Å². The van der Waals surface area contributed by atoms with Crippen LogP contribution in [0.3, 0.4) is 0 Å². The minimum Gasteiger partial charge on any atom is -0.490 e. The molecule has 1 aliphatic carbocycles. The first-order chi connectivity index (χ1) is 14.2. The lowest BCUT2D eigenvalue weighted by Crippen LogP contribution is -2.49. The Morgan fingerprint density at radius 3 is 2.30 bits per heavy atom. The van der Waals surface area contributed by atoms with Crippen molar-refractivity contribution < 1.29 is 23.8 Å². The molecule has 1 aromatic rings. The fourth-order valence-corrected chi connectivity index (χ4v) is 3.79. The highest BCUT2D eigenvalue weighted by Crippen LogP contribution is 2.27. The lowest BCUT2D eigenvalue weighted by atomic mass is 9.88. The van der Waals surface area contributed by atoms with Crippen molar-refractivity contribution in [1.29, 1.82) is 0 Å². The van der Waals surface area contributed by atoms with Crippen molar-refractivity contribution in [3.63, 3.8) is 0 Å². The molecule has 0 aromatic heterocycles. The fraction of sp³-hybridized carbons (Fsp3) is 0.652. The number of benzene rings is 1. The smallest absolute Gasteiger partial charge is 0.410 e. The van der Waals surface area contributed by atoms with Crippen molar-refractivity contribution >= 4 is 12.1 Å². The fourth-order valence-electron chi connectivity index (χ4n) is 3.79. The molecule has 1 saturated heterocycles. The second-order valence-electron chi connectivity index (χ2n) is 9.24. The molecule has 1 amide bonds. The minimum absolute atomic E-state index is 0.201. The van der Waals surface area contributed by atoms with Crippen LogP contribution in [0.4, 0.5) is 4.79 Å². The van der Waals surface area contributed by atoms with Crippen molar-refractivity contribution in [2.45, 2.75) is 64.2 Å². The number of nitrogens with one attached hydrogen (secondary N) is 1. The van der Waals surface area contributed by atoms with E-state index in [1.807, 2.05) is 37.8 Å². The third kappa shape index (κ3) is 6.36. The van der Waals surface area contributed by atoms with Gasteiger partial charge in [0.25, 0.3) is 0 Å². The molecule has 0 atom stereocenters. The summed E-state index contributed by atoms with van der Waals surface area (Å²) in [6.07, 6.45) is 3.98. The zero-order valence-electron chi connectivity index (χ0n) is 18.5. The number of carbonyl (C=O) groups is 2. The topological polar surface area (TPSA) is 77.1 Å². The maximum Gasteiger partial charge on any atom is 0.410 e. The Balaban J connectivity index is 1.30. The molecule has 1 saturated carbocycles. The summed E-state index contributed by atoms with van der Waals surface area (Å²) in [7, 11) is 1.37. The van der Waals surface area contributed by atoms with Crippen molar-refractivity contribution in [3.8, 4) is 5.75 Å². The molecule has 0 spiro atoms. The Morgan fingerprint density at radius 1 is 1.10 bits per heavy atom. The molecule has 2 fully saturated rings. The summed E-state index contributed by atoms with van der Waals surface area (Å²) in [6, 6.07) is 7.54. The summed E-state index contributed by atoms with van der Waals surface area (Å²) in [6.45, 7) is 8.20. The molecule has 1 aromatic carbocycles. The van der Waals surface area contributed by atoms with Gasteiger partial charge in [0.15, 0.2) is 0 Å². The largest absolute Gasteiger partial charge is 0.490 e. The molecular formula is C23H34N2O5. The van der Waals surface area contributed by atoms with Gasteiger partial charge < -0.3 is 24.4 Å². The second kappa shape index (κ2) is 9.69. The van der Waals surface area contributed by atoms with Crippen LogP contribution in [0.1, 0.15) is 56.8 Å². The standard InChI is InChI=1S/C23H34N2O5/c1-23(2,3)30-22(27)25-11-9-16(10-12-25)15-24-18-13-20(14-18)29-19-7-5-17(6-8-19)21(26)28-4/h5-8,16,18,20,24H,9-15H2,1-4H3/t18-,20-. The van der Waals surface area contributed by atoms with E-state index >= 15 is 0 Å². The first-order valence-corrected chi connectivity index (χ1v) is 10.8. The zero-order valence-corrected chi connectivity index (χ0v) is 18.5. The summed E-state index contributed by atoms with van der Waals surface area (Å²) in [4.78, 5) is 25.4. The lowest BCUT2D eigenvalue weighted by molar-refractivity contribution is 0.0177. The summed E-state index contributed by atoms with van der Waals surface area (Å²) in [5.41, 5.74) is 0.0811. The van der Waals surface area contributed by atoms with Crippen LogP contribution in [-0.2, 0) is 9.47 Å². The summed E-state index contributed by atoms with van der Waals surface area (Å²) in [5, 5.41) is 3.64. The van der Waals surface area contributed by atoms with E-state index in [-0.39, 0.29) is 18.2 Å². The highest BCUT2D eigenvalue weighted by atomic mass is 16.6. The molecule has 30 heavy (non-hydrogen) atoms. The summed E-state index contributed by atoms with van der Waals surface area (Å²) >= 11 is 0. The molecule has 7 nitrogen and oxygen atoms in total. The molecule has 1 N–H and O–H groups in total. The number of ether oxygens (including phenoxy) is 3. The quantitative estimate of drug-likeness (QED) is 0.711. The second-order valence-corrected chi connectivity index (χ2v) is 9.24. The van der Waals surface area contributed by atoms with Crippen LogP contribution in [0.15, 0.2) is 24.3 Å². The van der Waals surface area contributed by atoms with Gasteiger partial charge in [-0.05, 0) is 83.2 Å². The normalized spacial score (nSPS) is 22.2. The van der Waals surface area contributed by atoms with E-state index < -0.39 is 5.60 Å². The van der Waals surface area contributed by atoms with Crippen LogP contribution in [0.25, 0.3) is 0 Å². The Kier molecular flexibility index (Phi) is 7.23. The van der Waals surface area contributed by atoms with Gasteiger partial charge in [0.05, 0.1) is 12.7 Å². The number of carbonyl (C=O) groups excluding carboxylic acids is 2. The van der Waals surface area contributed by atoms with Crippen LogP contribution in [0.2, 0.25) is 0 Å². The SMILES string of the molecule is COC(=O)c1ccc(O[C@H]2C[C@H](NCC3CCN(C(=O)OC(C)(C)C)CC3)C2)cc1. The molecule has 7 heteroatoms. The summed E-state index contributed by atoms with van der Waals surface area (Å²) < 4.78 is 16.1. The number of piperidine rings is 1. The van der Waals surface area contributed by atoms with Gasteiger partial charge in [-0.3, -0.25) is 0 Å². The van der Waals surface area contributed by atoms with Crippen LogP contribution in [-0.4, -0.2) is 61.5 Å². The maximum atomic E-state index is 12.1. The monoisotopic (exact) mass is 418 g/mol. The molecule has 0 radical (unpaired) electrons. The van der Waals surface area contributed by atoms with Crippen molar-refractivity contribution in [1.82, 2.24) is 10.2 Å². The van der Waals surface area contributed by atoms with Gasteiger partial charge in [-0.15, -0.1) is 0 Å². The third-order valence-corrected chi connectivity index (χ3v) is 5.63. The molecule has 0 bridgehead atoms. The van der Waals surface area contributed by atoms with E-state index in [1.165, 1.54) is 7.11 Å². The Hall–Kier alpha value is -2.28. The van der Waals surface area contributed by atoms with Gasteiger partial charge >= 0.3 is 12.1 Å². The van der Waals surface area contributed by atoms with Crippen molar-refractivity contribution in [2.75, 3.05) is 26.7 Å². The Labute approximate surface area is 179 Å². The van der Waals surface area contributed by atoms with Gasteiger partial charge in [0, 0.05) is 19.1 Å². The first-order valence-electron chi connectivity index (χ1n) is 10.8. The Morgan fingerprint density at radius 2 is 1.73 bits per heavy atom. The van der Waals surface area contributed by atoms with Gasteiger partial charge in [-0.25, -0.2) is 9.59 Å². The van der Waals surface area contributed by atoms with E-state index in [2.05, 4.69) is 5.32 Å². The van der Waals surface area contributed by atoms with Crippen LogP contribution < -0.4 is 10.1 Å². The number of nitrogens with zero attached hydrogens (tertiary/aromatic N) is 1. The van der Waals surface area contributed by atoms with Crippen LogP contribution >= 0.6 is 0 Å². The first kappa shape index (κ1) is 22.4. The molecule has 2 aliphatic rings. The lowest BCUT2D eigenvalue weighted by Gasteiger charge is -2.38. The van der Waals surface area contributed by atoms with Gasteiger partial charge in [0.1, 0.15) is 17.5 Å². The maximum absolute atomic E-state index is 12.1. The van der Waals surface area contributed by atoms with E-state index in [0.717, 1.165) is 51.1 Å². The number of hydrogen-bond acceptors (Lipinski definition) is 6. The number of esters is 1.